The third-order valence-electron chi connectivity index (χ3n) is 3.47. The molecule has 0 N–H and O–H groups in total. The minimum Gasteiger partial charge on any atom is -0.356 e. The lowest BCUT2D eigenvalue weighted by molar-refractivity contribution is 0.327. The van der Waals surface area contributed by atoms with Crippen molar-refractivity contribution in [3.63, 3.8) is 0 Å². The SMILES string of the molecule is Cc1nn(C)c(N(C)C(C)C(C)(C)C)c1C#N. The zero-order chi connectivity index (χ0) is 13.4. The molecule has 1 aromatic rings. The second kappa shape index (κ2) is 4.40. The number of nitrogens with zero attached hydrogens (tertiary/aromatic N) is 4. The maximum Gasteiger partial charge on any atom is 0.144 e. The van der Waals surface area contributed by atoms with E-state index in [1.54, 1.807) is 4.68 Å². The van der Waals surface area contributed by atoms with Crippen molar-refractivity contribution in [1.29, 1.82) is 5.26 Å². The van der Waals surface area contributed by atoms with Gasteiger partial charge in [-0.3, -0.25) is 4.68 Å². The molecule has 0 aliphatic heterocycles. The Bertz CT molecular complexity index is 445. The molecule has 1 heterocycles. The minimum absolute atomic E-state index is 0.152. The third kappa shape index (κ3) is 2.44. The second-order valence-corrected chi connectivity index (χ2v) is 5.67. The van der Waals surface area contributed by atoms with E-state index < -0.39 is 0 Å². The predicted molar refractivity (Wildman–Crippen MR) is 70.0 cm³/mol. The van der Waals surface area contributed by atoms with Crippen LogP contribution in [0, 0.1) is 23.7 Å². The highest BCUT2D eigenvalue weighted by Gasteiger charge is 2.28. The zero-order valence-corrected chi connectivity index (χ0v) is 11.9. The molecule has 0 fully saturated rings. The molecule has 17 heavy (non-hydrogen) atoms. The van der Waals surface area contributed by atoms with Crippen LogP contribution in [0.15, 0.2) is 0 Å². The van der Waals surface area contributed by atoms with Gasteiger partial charge in [0.2, 0.25) is 0 Å². The Morgan fingerprint density at radius 1 is 1.41 bits per heavy atom. The molecule has 0 aliphatic rings. The molecule has 0 spiro atoms. The van der Waals surface area contributed by atoms with Crippen molar-refractivity contribution in [3.05, 3.63) is 11.3 Å². The number of hydrogen-bond donors (Lipinski definition) is 0. The first-order valence-corrected chi connectivity index (χ1v) is 5.86. The van der Waals surface area contributed by atoms with Crippen LogP contribution in [0.5, 0.6) is 0 Å². The van der Waals surface area contributed by atoms with Crippen LogP contribution >= 0.6 is 0 Å². The lowest BCUT2D eigenvalue weighted by atomic mass is 9.87. The Balaban J connectivity index is 3.22. The van der Waals surface area contributed by atoms with E-state index in [0.29, 0.717) is 11.6 Å². The highest BCUT2D eigenvalue weighted by molar-refractivity contribution is 5.57. The summed E-state index contributed by atoms with van der Waals surface area (Å²) in [6, 6.07) is 2.57. The molecule has 1 atom stereocenters. The van der Waals surface area contributed by atoms with Gasteiger partial charge >= 0.3 is 0 Å². The molecular formula is C13H22N4. The van der Waals surface area contributed by atoms with E-state index >= 15 is 0 Å². The molecule has 0 aromatic carbocycles. The Morgan fingerprint density at radius 2 is 1.94 bits per heavy atom. The molecule has 94 valence electrons. The van der Waals surface area contributed by atoms with Gasteiger partial charge in [0, 0.05) is 20.1 Å². The highest BCUT2D eigenvalue weighted by atomic mass is 15.4. The van der Waals surface area contributed by atoms with Crippen LogP contribution in [0.25, 0.3) is 0 Å². The fraction of sp³-hybridized carbons (Fsp3) is 0.692. The van der Waals surface area contributed by atoms with Crippen LogP contribution < -0.4 is 4.90 Å². The molecule has 0 saturated heterocycles. The van der Waals surface area contributed by atoms with Gasteiger partial charge in [0.1, 0.15) is 17.5 Å². The number of hydrogen-bond acceptors (Lipinski definition) is 3. The molecule has 1 unspecified atom stereocenters. The van der Waals surface area contributed by atoms with Gasteiger partial charge in [-0.1, -0.05) is 20.8 Å². The van der Waals surface area contributed by atoms with Crippen molar-refractivity contribution < 1.29 is 0 Å². The molecule has 4 nitrogen and oxygen atoms in total. The van der Waals surface area contributed by atoms with Crippen molar-refractivity contribution >= 4 is 5.82 Å². The highest BCUT2D eigenvalue weighted by Crippen LogP contribution is 2.29. The Kier molecular flexibility index (Phi) is 3.51. The van der Waals surface area contributed by atoms with Crippen LogP contribution in [0.2, 0.25) is 0 Å². The monoisotopic (exact) mass is 234 g/mol. The zero-order valence-electron chi connectivity index (χ0n) is 11.9. The van der Waals surface area contributed by atoms with Gasteiger partial charge in [-0.2, -0.15) is 10.4 Å². The molecule has 4 heteroatoms. The van der Waals surface area contributed by atoms with E-state index in [4.69, 9.17) is 0 Å². The Hall–Kier alpha value is -1.50. The van der Waals surface area contributed by atoms with E-state index in [0.717, 1.165) is 11.5 Å². The first kappa shape index (κ1) is 13.6. The molecule has 0 aliphatic carbocycles. The lowest BCUT2D eigenvalue weighted by Crippen LogP contribution is -2.40. The Labute approximate surface area is 104 Å². The van der Waals surface area contributed by atoms with Gasteiger partial charge in [-0.25, -0.2) is 0 Å². The van der Waals surface area contributed by atoms with Gasteiger partial charge in [0.15, 0.2) is 0 Å². The summed E-state index contributed by atoms with van der Waals surface area (Å²) in [5.41, 5.74) is 1.61. The minimum atomic E-state index is 0.152. The first-order valence-electron chi connectivity index (χ1n) is 5.86. The van der Waals surface area contributed by atoms with Gasteiger partial charge in [0.25, 0.3) is 0 Å². The number of rotatable bonds is 2. The largest absolute Gasteiger partial charge is 0.356 e. The average molecular weight is 234 g/mol. The molecule has 0 saturated carbocycles. The van der Waals surface area contributed by atoms with Crippen LogP contribution in [0.3, 0.4) is 0 Å². The molecule has 1 aromatic heterocycles. The van der Waals surface area contributed by atoms with Crippen molar-refractivity contribution in [2.24, 2.45) is 12.5 Å². The molecule has 0 amide bonds. The Morgan fingerprint density at radius 3 is 2.35 bits per heavy atom. The topological polar surface area (TPSA) is 44.9 Å². The van der Waals surface area contributed by atoms with Crippen LogP contribution in [0.4, 0.5) is 5.82 Å². The number of aromatic nitrogens is 2. The van der Waals surface area contributed by atoms with E-state index in [9.17, 15) is 5.26 Å². The number of anilines is 1. The molecule has 0 radical (unpaired) electrons. The summed E-state index contributed by atoms with van der Waals surface area (Å²) in [6.07, 6.45) is 0. The summed E-state index contributed by atoms with van der Waals surface area (Å²) in [6.45, 7) is 10.6. The predicted octanol–water partition coefficient (Wildman–Crippen LogP) is 2.47. The van der Waals surface area contributed by atoms with Gasteiger partial charge in [-0.15, -0.1) is 0 Å². The standard InChI is InChI=1S/C13H22N4/c1-9-11(8-14)12(17(7)15-9)16(6)10(2)13(3,4)5/h10H,1-7H3. The summed E-state index contributed by atoms with van der Waals surface area (Å²) in [5.74, 6) is 0.896. The van der Waals surface area contributed by atoms with Crippen molar-refractivity contribution in [1.82, 2.24) is 9.78 Å². The summed E-state index contributed by atoms with van der Waals surface area (Å²) < 4.78 is 1.79. The lowest BCUT2D eigenvalue weighted by Gasteiger charge is -2.36. The van der Waals surface area contributed by atoms with E-state index in [1.807, 2.05) is 21.0 Å². The van der Waals surface area contributed by atoms with E-state index in [-0.39, 0.29) is 5.41 Å². The van der Waals surface area contributed by atoms with Crippen LogP contribution in [-0.4, -0.2) is 22.9 Å². The van der Waals surface area contributed by atoms with E-state index in [1.165, 1.54) is 0 Å². The maximum absolute atomic E-state index is 9.22. The number of nitriles is 1. The van der Waals surface area contributed by atoms with Gasteiger partial charge in [0.05, 0.1) is 5.69 Å². The second-order valence-electron chi connectivity index (χ2n) is 5.67. The molecule has 1 rings (SSSR count). The smallest absolute Gasteiger partial charge is 0.144 e. The quantitative estimate of drug-likeness (QED) is 0.789. The van der Waals surface area contributed by atoms with Gasteiger partial charge in [-0.05, 0) is 19.3 Å². The molecular weight excluding hydrogens is 212 g/mol. The van der Waals surface area contributed by atoms with Crippen molar-refractivity contribution in [2.75, 3.05) is 11.9 Å². The number of aryl methyl sites for hydroxylation is 2. The summed E-state index contributed by atoms with van der Waals surface area (Å²) >= 11 is 0. The van der Waals surface area contributed by atoms with Crippen LogP contribution in [-0.2, 0) is 7.05 Å². The van der Waals surface area contributed by atoms with Crippen LogP contribution in [0.1, 0.15) is 39.0 Å². The normalized spacial score (nSPS) is 13.3. The van der Waals surface area contributed by atoms with Crippen molar-refractivity contribution in [2.45, 2.75) is 40.7 Å². The average Bonchev–Trinajstić information content (AvgIpc) is 2.49. The van der Waals surface area contributed by atoms with E-state index in [2.05, 4.69) is 43.8 Å². The maximum atomic E-state index is 9.22. The molecule has 0 bridgehead atoms. The first-order chi connectivity index (χ1) is 7.70. The van der Waals surface area contributed by atoms with Gasteiger partial charge < -0.3 is 4.90 Å². The van der Waals surface area contributed by atoms with Crippen molar-refractivity contribution in [3.8, 4) is 6.07 Å². The summed E-state index contributed by atoms with van der Waals surface area (Å²) in [7, 11) is 3.91. The summed E-state index contributed by atoms with van der Waals surface area (Å²) in [5, 5.41) is 13.5. The third-order valence-corrected chi connectivity index (χ3v) is 3.47. The fourth-order valence-electron chi connectivity index (χ4n) is 1.95. The summed E-state index contributed by atoms with van der Waals surface area (Å²) in [4.78, 5) is 2.14. The fourth-order valence-corrected chi connectivity index (χ4v) is 1.95.